The number of ether oxygens (including phenoxy) is 1. The standard InChI is InChI=1S/C27H29N3O5/c1-30-15-12-27(13-16-30,17-25(32)33)29-24(31)11-6-14-28-26(34)35-18-23-21-9-4-2-7-19(21)20-8-3-5-10-22(20)23/h2-5,7-10,23H,12-18H2,1H3,(H,28,34)(H,29,31)(H,32,33). The van der Waals surface area contributed by atoms with E-state index in [-0.39, 0.29) is 25.5 Å². The zero-order chi connectivity index (χ0) is 24.8. The van der Waals surface area contributed by atoms with Gasteiger partial charge in [-0.2, -0.15) is 0 Å². The number of hydrogen-bond acceptors (Lipinski definition) is 5. The van der Waals surface area contributed by atoms with Gasteiger partial charge in [-0.05, 0) is 48.1 Å². The monoisotopic (exact) mass is 475 g/mol. The van der Waals surface area contributed by atoms with E-state index in [9.17, 15) is 19.5 Å². The van der Waals surface area contributed by atoms with Gasteiger partial charge in [0.05, 0.1) is 18.5 Å². The molecule has 2 aromatic rings. The number of amides is 2. The lowest BCUT2D eigenvalue weighted by Gasteiger charge is -2.39. The molecule has 35 heavy (non-hydrogen) atoms. The molecule has 0 bridgehead atoms. The first-order valence-corrected chi connectivity index (χ1v) is 11.7. The average molecular weight is 476 g/mol. The second-order valence-electron chi connectivity index (χ2n) is 9.09. The Bertz CT molecular complexity index is 1130. The van der Waals surface area contributed by atoms with Gasteiger partial charge >= 0.3 is 12.1 Å². The van der Waals surface area contributed by atoms with E-state index >= 15 is 0 Å². The summed E-state index contributed by atoms with van der Waals surface area (Å²) in [6.07, 6.45) is 0.327. The molecule has 0 aromatic heterocycles. The highest BCUT2D eigenvalue weighted by atomic mass is 16.5. The van der Waals surface area contributed by atoms with Crippen molar-refractivity contribution in [3.05, 3.63) is 59.7 Å². The van der Waals surface area contributed by atoms with E-state index in [1.54, 1.807) is 0 Å². The van der Waals surface area contributed by atoms with Crippen LogP contribution in [0.1, 0.15) is 36.3 Å². The van der Waals surface area contributed by atoms with Gasteiger partial charge in [0.2, 0.25) is 0 Å². The molecule has 1 aliphatic heterocycles. The first kappa shape index (κ1) is 24.3. The molecule has 0 unspecified atom stereocenters. The number of likely N-dealkylation sites (tertiary alicyclic amines) is 1. The number of carbonyl (C=O) groups excluding carboxylic acids is 2. The Morgan fingerprint density at radius 1 is 1.06 bits per heavy atom. The van der Waals surface area contributed by atoms with Gasteiger partial charge in [-0.15, -0.1) is 0 Å². The third kappa shape index (κ3) is 5.81. The van der Waals surface area contributed by atoms with E-state index < -0.39 is 23.5 Å². The van der Waals surface area contributed by atoms with Crippen LogP contribution in [-0.4, -0.2) is 66.8 Å². The van der Waals surface area contributed by atoms with Gasteiger partial charge in [-0.25, -0.2) is 4.79 Å². The minimum atomic E-state index is -0.959. The number of nitrogens with zero attached hydrogens (tertiary/aromatic N) is 1. The van der Waals surface area contributed by atoms with E-state index in [1.165, 1.54) is 0 Å². The number of rotatable bonds is 6. The summed E-state index contributed by atoms with van der Waals surface area (Å²) in [5, 5.41) is 14.6. The Labute approximate surface area is 204 Å². The lowest BCUT2D eigenvalue weighted by atomic mass is 9.84. The molecule has 2 amide bonds. The van der Waals surface area contributed by atoms with Crippen LogP contribution in [0, 0.1) is 11.8 Å². The highest BCUT2D eigenvalue weighted by Gasteiger charge is 2.37. The van der Waals surface area contributed by atoms with E-state index in [2.05, 4.69) is 39.5 Å². The fourth-order valence-electron chi connectivity index (χ4n) is 4.84. The van der Waals surface area contributed by atoms with Crippen LogP contribution in [0.4, 0.5) is 4.79 Å². The maximum absolute atomic E-state index is 12.3. The van der Waals surface area contributed by atoms with Crippen molar-refractivity contribution in [3.8, 4) is 23.0 Å². The van der Waals surface area contributed by atoms with Crippen LogP contribution in [0.5, 0.6) is 0 Å². The van der Waals surface area contributed by atoms with Crippen LogP contribution in [0.15, 0.2) is 48.5 Å². The van der Waals surface area contributed by atoms with Crippen LogP contribution < -0.4 is 10.6 Å². The van der Waals surface area contributed by atoms with Gasteiger partial charge in [-0.3, -0.25) is 9.59 Å². The molecule has 0 saturated carbocycles. The van der Waals surface area contributed by atoms with Crippen LogP contribution in [0.25, 0.3) is 11.1 Å². The number of carboxylic acid groups (broad SMARTS) is 1. The van der Waals surface area contributed by atoms with Crippen molar-refractivity contribution < 1.29 is 24.2 Å². The van der Waals surface area contributed by atoms with Crippen LogP contribution in [0.2, 0.25) is 0 Å². The zero-order valence-corrected chi connectivity index (χ0v) is 19.7. The summed E-state index contributed by atoms with van der Waals surface area (Å²) in [7, 11) is 1.96. The Morgan fingerprint density at radius 2 is 1.66 bits per heavy atom. The predicted octanol–water partition coefficient (Wildman–Crippen LogP) is 2.58. The van der Waals surface area contributed by atoms with Gasteiger partial charge in [0.15, 0.2) is 0 Å². The van der Waals surface area contributed by atoms with Gasteiger partial charge in [0.25, 0.3) is 5.91 Å². The first-order valence-electron chi connectivity index (χ1n) is 11.7. The maximum atomic E-state index is 12.3. The van der Waals surface area contributed by atoms with E-state index in [0.29, 0.717) is 25.9 Å². The maximum Gasteiger partial charge on any atom is 0.407 e. The average Bonchev–Trinajstić information content (AvgIpc) is 3.16. The Morgan fingerprint density at radius 3 is 2.26 bits per heavy atom. The molecule has 0 spiro atoms. The fraction of sp³-hybridized carbons (Fsp3) is 0.370. The van der Waals surface area contributed by atoms with E-state index in [1.807, 2.05) is 43.4 Å². The number of benzene rings is 2. The van der Waals surface area contributed by atoms with Crippen molar-refractivity contribution in [2.45, 2.75) is 30.7 Å². The molecule has 0 atom stereocenters. The molecule has 1 saturated heterocycles. The Balaban J connectivity index is 1.27. The zero-order valence-electron chi connectivity index (χ0n) is 19.7. The molecular formula is C27H29N3O5. The quantitative estimate of drug-likeness (QED) is 0.555. The minimum Gasteiger partial charge on any atom is -0.481 e. The van der Waals surface area contributed by atoms with Gasteiger partial charge in [-0.1, -0.05) is 54.5 Å². The normalized spacial score (nSPS) is 16.3. The third-order valence-electron chi connectivity index (χ3n) is 6.68. The number of fused-ring (bicyclic) bond motifs is 3. The first-order chi connectivity index (χ1) is 16.9. The second-order valence-corrected chi connectivity index (χ2v) is 9.09. The lowest BCUT2D eigenvalue weighted by molar-refractivity contribution is -0.139. The molecule has 4 rings (SSSR count). The molecule has 0 radical (unpaired) electrons. The Kier molecular flexibility index (Phi) is 7.37. The molecule has 1 heterocycles. The van der Waals surface area contributed by atoms with Crippen molar-refractivity contribution in [3.63, 3.8) is 0 Å². The summed E-state index contributed by atoms with van der Waals surface area (Å²) in [5.41, 5.74) is 3.76. The molecular weight excluding hydrogens is 446 g/mol. The smallest absolute Gasteiger partial charge is 0.407 e. The molecule has 8 heteroatoms. The number of nitrogens with one attached hydrogen (secondary N) is 2. The molecule has 8 nitrogen and oxygen atoms in total. The molecule has 2 aromatic carbocycles. The van der Waals surface area contributed by atoms with E-state index in [4.69, 9.17) is 4.74 Å². The minimum absolute atomic E-state index is 0.0371. The number of aliphatic carboxylic acids is 1. The number of alkyl carbamates (subject to hydrolysis) is 1. The third-order valence-corrected chi connectivity index (χ3v) is 6.68. The number of carboxylic acids is 1. The predicted molar refractivity (Wildman–Crippen MR) is 131 cm³/mol. The van der Waals surface area contributed by atoms with Crippen molar-refractivity contribution in [1.29, 1.82) is 0 Å². The SMILES string of the molecule is CN1CCC(CC(=O)O)(NC(=O)C#CCNC(=O)OCC2c3ccccc3-c3ccccc32)CC1. The molecule has 2 aliphatic rings. The highest BCUT2D eigenvalue weighted by molar-refractivity contribution is 5.94. The molecule has 182 valence electrons. The number of carbonyl (C=O) groups is 3. The van der Waals surface area contributed by atoms with Crippen LogP contribution in [-0.2, 0) is 14.3 Å². The van der Waals surface area contributed by atoms with Crippen molar-refractivity contribution >= 4 is 18.0 Å². The number of piperidine rings is 1. The number of hydrogen-bond donors (Lipinski definition) is 3. The van der Waals surface area contributed by atoms with E-state index in [0.717, 1.165) is 22.3 Å². The lowest BCUT2D eigenvalue weighted by Crippen LogP contribution is -2.55. The summed E-state index contributed by atoms with van der Waals surface area (Å²) < 4.78 is 5.45. The van der Waals surface area contributed by atoms with Crippen LogP contribution >= 0.6 is 0 Å². The summed E-state index contributed by atoms with van der Waals surface area (Å²) in [5.74, 6) is 3.51. The molecule has 1 aliphatic carbocycles. The van der Waals surface area contributed by atoms with Gasteiger partial charge in [0.1, 0.15) is 6.61 Å². The molecule has 3 N–H and O–H groups in total. The fourth-order valence-corrected chi connectivity index (χ4v) is 4.84. The largest absolute Gasteiger partial charge is 0.481 e. The topological polar surface area (TPSA) is 108 Å². The van der Waals surface area contributed by atoms with Gasteiger partial charge in [0, 0.05) is 19.0 Å². The highest BCUT2D eigenvalue weighted by Crippen LogP contribution is 2.44. The molecule has 1 fully saturated rings. The van der Waals surface area contributed by atoms with Crippen molar-refractivity contribution in [2.24, 2.45) is 0 Å². The Hall–Kier alpha value is -3.83. The summed E-state index contributed by atoms with van der Waals surface area (Å²) >= 11 is 0. The second kappa shape index (κ2) is 10.6. The van der Waals surface area contributed by atoms with Crippen LogP contribution in [0.3, 0.4) is 0 Å². The summed E-state index contributed by atoms with van der Waals surface area (Å²) in [6, 6.07) is 16.2. The van der Waals surface area contributed by atoms with Crippen molar-refractivity contribution in [2.75, 3.05) is 33.3 Å². The van der Waals surface area contributed by atoms with Crippen molar-refractivity contribution in [1.82, 2.24) is 15.5 Å². The summed E-state index contributed by atoms with van der Waals surface area (Å²) in [4.78, 5) is 37.9. The summed E-state index contributed by atoms with van der Waals surface area (Å²) in [6.45, 7) is 1.54. The van der Waals surface area contributed by atoms with Gasteiger partial charge < -0.3 is 25.4 Å².